The van der Waals surface area contributed by atoms with Crippen molar-refractivity contribution in [1.82, 2.24) is 19.9 Å². The molecule has 1 fully saturated rings. The lowest BCUT2D eigenvalue weighted by Gasteiger charge is -2.34. The number of amides is 1. The summed E-state index contributed by atoms with van der Waals surface area (Å²) in [5.74, 6) is -0.494. The van der Waals surface area contributed by atoms with E-state index in [1.165, 1.54) is 16.8 Å². The number of hydrogen-bond donors (Lipinski definition) is 0. The number of halogens is 1. The molecule has 7 heteroatoms. The van der Waals surface area contributed by atoms with Crippen molar-refractivity contribution in [2.75, 3.05) is 13.1 Å². The molecule has 116 valence electrons. The first-order valence-electron chi connectivity index (χ1n) is 7.16. The van der Waals surface area contributed by atoms with Crippen molar-refractivity contribution in [2.45, 2.75) is 26.1 Å². The third-order valence-corrected chi connectivity index (χ3v) is 3.51. The molecule has 0 spiro atoms. The van der Waals surface area contributed by atoms with Gasteiger partial charge >= 0.3 is 0 Å². The van der Waals surface area contributed by atoms with Crippen molar-refractivity contribution >= 4 is 5.91 Å². The minimum Gasteiger partial charge on any atom is -0.372 e. The largest absolute Gasteiger partial charge is 0.372 e. The Bertz CT molecular complexity index is 660. The first kappa shape index (κ1) is 14.6. The number of morpholine rings is 1. The second kappa shape index (κ2) is 5.84. The van der Waals surface area contributed by atoms with Gasteiger partial charge in [0.1, 0.15) is 5.82 Å². The van der Waals surface area contributed by atoms with Gasteiger partial charge in [-0.1, -0.05) is 5.21 Å². The summed E-state index contributed by atoms with van der Waals surface area (Å²) in [6.45, 7) is 4.94. The predicted molar refractivity (Wildman–Crippen MR) is 77.2 cm³/mol. The van der Waals surface area contributed by atoms with Crippen molar-refractivity contribution < 1.29 is 13.9 Å². The van der Waals surface area contributed by atoms with E-state index in [0.29, 0.717) is 18.8 Å². The molecular weight excluding hydrogens is 287 g/mol. The van der Waals surface area contributed by atoms with Gasteiger partial charge in [-0.3, -0.25) is 4.79 Å². The van der Waals surface area contributed by atoms with Crippen molar-refractivity contribution in [3.05, 3.63) is 42.0 Å². The fourth-order valence-corrected chi connectivity index (χ4v) is 2.59. The number of benzene rings is 1. The number of ether oxygens (including phenoxy) is 1. The highest BCUT2D eigenvalue weighted by atomic mass is 19.1. The van der Waals surface area contributed by atoms with Gasteiger partial charge in [0.25, 0.3) is 5.91 Å². The highest BCUT2D eigenvalue weighted by Crippen LogP contribution is 2.14. The second-order valence-electron chi connectivity index (χ2n) is 5.49. The van der Waals surface area contributed by atoms with Gasteiger partial charge in [0.15, 0.2) is 5.69 Å². The van der Waals surface area contributed by atoms with Crippen LogP contribution in [0, 0.1) is 5.82 Å². The summed E-state index contributed by atoms with van der Waals surface area (Å²) in [4.78, 5) is 14.2. The van der Waals surface area contributed by atoms with Gasteiger partial charge in [-0.15, -0.1) is 5.10 Å². The average Bonchev–Trinajstić information content (AvgIpc) is 2.96. The van der Waals surface area contributed by atoms with Crippen LogP contribution in [0.5, 0.6) is 0 Å². The van der Waals surface area contributed by atoms with E-state index < -0.39 is 0 Å². The highest BCUT2D eigenvalue weighted by Gasteiger charge is 2.28. The smallest absolute Gasteiger partial charge is 0.276 e. The van der Waals surface area contributed by atoms with Crippen LogP contribution in [-0.2, 0) is 4.74 Å². The van der Waals surface area contributed by atoms with Crippen molar-refractivity contribution in [1.29, 1.82) is 0 Å². The summed E-state index contributed by atoms with van der Waals surface area (Å²) in [5.41, 5.74) is 0.919. The van der Waals surface area contributed by atoms with Crippen LogP contribution in [0.2, 0.25) is 0 Å². The Labute approximate surface area is 127 Å². The molecule has 0 bridgehead atoms. The molecule has 1 aromatic heterocycles. The maximum Gasteiger partial charge on any atom is 0.276 e. The zero-order valence-electron chi connectivity index (χ0n) is 12.4. The van der Waals surface area contributed by atoms with E-state index >= 15 is 0 Å². The maximum absolute atomic E-state index is 12.9. The second-order valence-corrected chi connectivity index (χ2v) is 5.49. The summed E-state index contributed by atoms with van der Waals surface area (Å²) in [6, 6.07) is 5.84. The molecule has 3 rings (SSSR count). The van der Waals surface area contributed by atoms with Crippen molar-refractivity contribution in [2.24, 2.45) is 0 Å². The van der Waals surface area contributed by atoms with Crippen LogP contribution in [0.15, 0.2) is 30.5 Å². The van der Waals surface area contributed by atoms with Crippen LogP contribution in [0.3, 0.4) is 0 Å². The molecule has 0 saturated carbocycles. The zero-order chi connectivity index (χ0) is 15.7. The number of hydrogen-bond acceptors (Lipinski definition) is 4. The summed E-state index contributed by atoms with van der Waals surface area (Å²) in [5, 5.41) is 7.86. The number of aromatic nitrogens is 3. The molecule has 2 aromatic rings. The third-order valence-electron chi connectivity index (χ3n) is 3.51. The van der Waals surface area contributed by atoms with E-state index in [1.54, 1.807) is 23.2 Å². The van der Waals surface area contributed by atoms with Crippen LogP contribution >= 0.6 is 0 Å². The molecule has 1 aliphatic heterocycles. The Morgan fingerprint density at radius 3 is 2.50 bits per heavy atom. The van der Waals surface area contributed by atoms with Crippen LogP contribution in [-0.4, -0.2) is 51.1 Å². The lowest BCUT2D eigenvalue weighted by atomic mass is 10.2. The van der Waals surface area contributed by atoms with E-state index in [9.17, 15) is 9.18 Å². The summed E-state index contributed by atoms with van der Waals surface area (Å²) in [6.07, 6.45) is 1.56. The van der Waals surface area contributed by atoms with Gasteiger partial charge in [-0.25, -0.2) is 9.07 Å². The highest BCUT2D eigenvalue weighted by molar-refractivity contribution is 5.92. The summed E-state index contributed by atoms with van der Waals surface area (Å²) < 4.78 is 20.0. The quantitative estimate of drug-likeness (QED) is 0.846. The van der Waals surface area contributed by atoms with Crippen LogP contribution in [0.1, 0.15) is 24.3 Å². The molecule has 1 aromatic carbocycles. The third kappa shape index (κ3) is 2.99. The van der Waals surface area contributed by atoms with Gasteiger partial charge < -0.3 is 9.64 Å². The molecule has 0 unspecified atom stereocenters. The monoisotopic (exact) mass is 304 g/mol. The number of rotatable bonds is 2. The Hall–Kier alpha value is -2.28. The van der Waals surface area contributed by atoms with E-state index in [0.717, 1.165) is 0 Å². The standard InChI is InChI=1S/C15H17FN4O2/c1-10-7-19(8-11(2)22-10)15(21)14-9-20(18-17-14)13-5-3-12(16)4-6-13/h3-6,9-11H,7-8H2,1-2H3/t10-,11+. The molecule has 0 N–H and O–H groups in total. The molecule has 1 amide bonds. The van der Waals surface area contributed by atoms with Crippen LogP contribution in [0.4, 0.5) is 4.39 Å². The molecular formula is C15H17FN4O2. The molecule has 6 nitrogen and oxygen atoms in total. The number of nitrogens with zero attached hydrogens (tertiary/aromatic N) is 4. The first-order valence-corrected chi connectivity index (χ1v) is 7.16. The Balaban J connectivity index is 1.78. The number of carbonyl (C=O) groups is 1. The fraction of sp³-hybridized carbons (Fsp3) is 0.400. The lowest BCUT2D eigenvalue weighted by Crippen LogP contribution is -2.48. The molecule has 22 heavy (non-hydrogen) atoms. The molecule has 1 aliphatic rings. The average molecular weight is 304 g/mol. The fourth-order valence-electron chi connectivity index (χ4n) is 2.59. The molecule has 2 heterocycles. The Morgan fingerprint density at radius 1 is 1.23 bits per heavy atom. The van der Waals surface area contributed by atoms with E-state index in [2.05, 4.69) is 10.3 Å². The van der Waals surface area contributed by atoms with Gasteiger partial charge in [0.05, 0.1) is 24.1 Å². The lowest BCUT2D eigenvalue weighted by molar-refractivity contribution is -0.0587. The molecule has 2 atom stereocenters. The van der Waals surface area contributed by atoms with E-state index in [1.807, 2.05) is 13.8 Å². The molecule has 1 saturated heterocycles. The summed E-state index contributed by atoms with van der Waals surface area (Å²) in [7, 11) is 0. The SMILES string of the molecule is C[C@@H]1CN(C(=O)c2cn(-c3ccc(F)cc3)nn2)C[C@H](C)O1. The normalized spacial score (nSPS) is 21.9. The Kier molecular flexibility index (Phi) is 3.89. The van der Waals surface area contributed by atoms with Gasteiger partial charge in [0.2, 0.25) is 0 Å². The maximum atomic E-state index is 12.9. The minimum absolute atomic E-state index is 0.000145. The summed E-state index contributed by atoms with van der Waals surface area (Å²) >= 11 is 0. The topological polar surface area (TPSA) is 60.2 Å². The van der Waals surface area contributed by atoms with Gasteiger partial charge in [0, 0.05) is 13.1 Å². The van der Waals surface area contributed by atoms with Crippen LogP contribution < -0.4 is 0 Å². The number of carbonyl (C=O) groups excluding carboxylic acids is 1. The van der Waals surface area contributed by atoms with Crippen LogP contribution in [0.25, 0.3) is 5.69 Å². The van der Waals surface area contributed by atoms with Gasteiger partial charge in [-0.05, 0) is 38.1 Å². The first-order chi connectivity index (χ1) is 10.5. The predicted octanol–water partition coefficient (Wildman–Crippen LogP) is 1.66. The zero-order valence-corrected chi connectivity index (χ0v) is 12.4. The van der Waals surface area contributed by atoms with E-state index in [4.69, 9.17) is 4.74 Å². The van der Waals surface area contributed by atoms with Crippen molar-refractivity contribution in [3.63, 3.8) is 0 Å². The molecule has 0 aliphatic carbocycles. The Morgan fingerprint density at radius 2 is 1.86 bits per heavy atom. The molecule has 0 radical (unpaired) electrons. The van der Waals surface area contributed by atoms with Crippen molar-refractivity contribution in [3.8, 4) is 5.69 Å². The minimum atomic E-state index is -0.323. The van der Waals surface area contributed by atoms with E-state index in [-0.39, 0.29) is 29.6 Å². The van der Waals surface area contributed by atoms with Gasteiger partial charge in [-0.2, -0.15) is 0 Å².